The topological polar surface area (TPSA) is 107 Å². The summed E-state index contributed by atoms with van der Waals surface area (Å²) in [5.74, 6) is 0.313. The van der Waals surface area contributed by atoms with Gasteiger partial charge >= 0.3 is 5.91 Å². The summed E-state index contributed by atoms with van der Waals surface area (Å²) in [6.07, 6.45) is 0. The molecular formula is C30H28N2O7S. The number of ether oxygens (including phenoxy) is 4. The number of ketones is 1. The van der Waals surface area contributed by atoms with Crippen molar-refractivity contribution in [2.75, 3.05) is 32.8 Å². The first-order valence-corrected chi connectivity index (χ1v) is 13.3. The van der Waals surface area contributed by atoms with E-state index in [2.05, 4.69) is 4.98 Å². The van der Waals surface area contributed by atoms with Gasteiger partial charge in [0.2, 0.25) is 0 Å². The molecule has 1 aliphatic rings. The minimum Gasteiger partial charge on any atom is -0.507 e. The molecule has 3 aromatic carbocycles. The largest absolute Gasteiger partial charge is 0.507 e. The van der Waals surface area contributed by atoms with Crippen molar-refractivity contribution in [2.24, 2.45) is 0 Å². The molecule has 2 heterocycles. The quantitative estimate of drug-likeness (QED) is 0.167. The molecule has 0 aliphatic carbocycles. The van der Waals surface area contributed by atoms with E-state index in [1.165, 1.54) is 23.3 Å². The highest BCUT2D eigenvalue weighted by molar-refractivity contribution is 7.22. The summed E-state index contributed by atoms with van der Waals surface area (Å²) in [5, 5.41) is 11.8. The van der Waals surface area contributed by atoms with Crippen LogP contribution in [0, 0.1) is 6.92 Å². The number of aryl methyl sites for hydroxylation is 1. The van der Waals surface area contributed by atoms with Crippen LogP contribution >= 0.6 is 11.3 Å². The standard InChI is InChI=1S/C30H28N2O7S/c1-6-39-22-12-7-17(14-23(22)38-5)26-25(27(33)18-8-11-21(37-4)16(2)13-18)28(34)29(35)32(26)30-31-20-10-9-19(36-3)15-24(20)40-30/h7-15,26,33H,6H2,1-5H3/t26-/m0/s1. The number of anilines is 1. The van der Waals surface area contributed by atoms with Gasteiger partial charge in [-0.2, -0.15) is 0 Å². The van der Waals surface area contributed by atoms with E-state index in [9.17, 15) is 14.7 Å². The highest BCUT2D eigenvalue weighted by atomic mass is 32.1. The molecule has 1 amide bonds. The maximum Gasteiger partial charge on any atom is 0.301 e. The van der Waals surface area contributed by atoms with E-state index in [1.807, 2.05) is 19.9 Å². The number of aliphatic hydroxyl groups is 1. The summed E-state index contributed by atoms with van der Waals surface area (Å²) in [5.41, 5.74) is 2.28. The highest BCUT2D eigenvalue weighted by Gasteiger charge is 2.48. The van der Waals surface area contributed by atoms with Crippen LogP contribution in [-0.4, -0.2) is 49.7 Å². The van der Waals surface area contributed by atoms with Gasteiger partial charge in [-0.25, -0.2) is 4.98 Å². The number of hydrogen-bond acceptors (Lipinski definition) is 9. The summed E-state index contributed by atoms with van der Waals surface area (Å²) in [7, 11) is 4.64. The lowest BCUT2D eigenvalue weighted by Crippen LogP contribution is -2.29. The molecule has 0 spiro atoms. The third kappa shape index (κ3) is 4.60. The van der Waals surface area contributed by atoms with Crippen molar-refractivity contribution >= 4 is 44.1 Å². The molecule has 1 N–H and O–H groups in total. The van der Waals surface area contributed by atoms with E-state index in [-0.39, 0.29) is 11.3 Å². The number of hydrogen-bond donors (Lipinski definition) is 1. The summed E-state index contributed by atoms with van der Waals surface area (Å²) < 4.78 is 22.7. The maximum atomic E-state index is 13.6. The first-order chi connectivity index (χ1) is 19.3. The molecule has 9 nitrogen and oxygen atoms in total. The number of thiazole rings is 1. The molecule has 1 saturated heterocycles. The van der Waals surface area contributed by atoms with E-state index < -0.39 is 17.7 Å². The summed E-state index contributed by atoms with van der Waals surface area (Å²) in [6.45, 7) is 4.12. The molecule has 40 heavy (non-hydrogen) atoms. The number of nitrogens with zero attached hydrogens (tertiary/aromatic N) is 2. The smallest absolute Gasteiger partial charge is 0.301 e. The van der Waals surface area contributed by atoms with Crippen LogP contribution in [0.4, 0.5) is 5.13 Å². The van der Waals surface area contributed by atoms with Gasteiger partial charge in [0.15, 0.2) is 16.6 Å². The van der Waals surface area contributed by atoms with Crippen molar-refractivity contribution < 1.29 is 33.6 Å². The number of amides is 1. The predicted molar refractivity (Wildman–Crippen MR) is 153 cm³/mol. The molecule has 0 radical (unpaired) electrons. The van der Waals surface area contributed by atoms with Gasteiger partial charge < -0.3 is 24.1 Å². The Morgan fingerprint density at radius 1 is 0.950 bits per heavy atom. The second-order valence-corrected chi connectivity index (χ2v) is 10.0. The average molecular weight is 561 g/mol. The Balaban J connectivity index is 1.73. The Kier molecular flexibility index (Phi) is 7.36. The summed E-state index contributed by atoms with van der Waals surface area (Å²) >= 11 is 1.25. The van der Waals surface area contributed by atoms with Crippen LogP contribution in [0.25, 0.3) is 16.0 Å². The van der Waals surface area contributed by atoms with Gasteiger partial charge in [0.05, 0.1) is 49.8 Å². The molecule has 1 aliphatic heterocycles. The summed E-state index contributed by atoms with van der Waals surface area (Å²) in [4.78, 5) is 33.2. The van der Waals surface area contributed by atoms with Gasteiger partial charge in [0.1, 0.15) is 17.3 Å². The minimum atomic E-state index is -0.977. The Bertz CT molecular complexity index is 1660. The fourth-order valence-corrected chi connectivity index (χ4v) is 5.80. The second kappa shape index (κ2) is 10.9. The van der Waals surface area contributed by atoms with Crippen LogP contribution in [0.5, 0.6) is 23.0 Å². The zero-order valence-electron chi connectivity index (χ0n) is 22.7. The van der Waals surface area contributed by atoms with Crippen molar-refractivity contribution in [3.05, 3.63) is 76.9 Å². The fourth-order valence-electron chi connectivity index (χ4n) is 4.78. The zero-order chi connectivity index (χ0) is 28.6. The Morgan fingerprint density at radius 2 is 1.70 bits per heavy atom. The number of benzene rings is 3. The SMILES string of the molecule is CCOc1ccc([C@H]2C(=C(O)c3ccc(OC)c(C)c3)C(=O)C(=O)N2c2nc3ccc(OC)cc3s2)cc1OC. The Hall–Kier alpha value is -4.57. The number of carbonyl (C=O) groups is 2. The fraction of sp³-hybridized carbons (Fsp3) is 0.233. The van der Waals surface area contributed by atoms with E-state index in [1.54, 1.807) is 62.8 Å². The molecule has 1 atom stereocenters. The van der Waals surface area contributed by atoms with Crippen LogP contribution in [0.3, 0.4) is 0 Å². The number of fused-ring (bicyclic) bond motifs is 1. The number of methoxy groups -OCH3 is 3. The van der Waals surface area contributed by atoms with Gasteiger partial charge in [0.25, 0.3) is 5.78 Å². The number of rotatable bonds is 8. The van der Waals surface area contributed by atoms with Crippen molar-refractivity contribution in [1.29, 1.82) is 0 Å². The number of carbonyl (C=O) groups excluding carboxylic acids is 2. The van der Waals surface area contributed by atoms with Gasteiger partial charge in [-0.05, 0) is 73.5 Å². The molecule has 0 saturated carbocycles. The molecule has 1 fully saturated rings. The minimum absolute atomic E-state index is 0.0578. The molecular weight excluding hydrogens is 532 g/mol. The van der Waals surface area contributed by atoms with Crippen LogP contribution in [0.1, 0.15) is 29.7 Å². The number of aliphatic hydroxyl groups excluding tert-OH is 1. The molecule has 5 rings (SSSR count). The molecule has 0 bridgehead atoms. The normalized spacial score (nSPS) is 16.4. The lowest BCUT2D eigenvalue weighted by Gasteiger charge is -2.24. The van der Waals surface area contributed by atoms with E-state index >= 15 is 0 Å². The van der Waals surface area contributed by atoms with Gasteiger partial charge in [-0.1, -0.05) is 17.4 Å². The molecule has 10 heteroatoms. The monoisotopic (exact) mass is 560 g/mol. The second-order valence-electron chi connectivity index (χ2n) is 9.03. The highest BCUT2D eigenvalue weighted by Crippen LogP contribution is 2.46. The number of Topliss-reactive ketones (excluding diaryl/α,β-unsaturated/α-hetero) is 1. The lowest BCUT2D eigenvalue weighted by atomic mass is 9.94. The molecule has 0 unspecified atom stereocenters. The first kappa shape index (κ1) is 27.0. The van der Waals surface area contributed by atoms with Crippen LogP contribution < -0.4 is 23.8 Å². The molecule has 4 aromatic rings. The molecule has 206 valence electrons. The lowest BCUT2D eigenvalue weighted by molar-refractivity contribution is -0.132. The third-order valence-corrected chi connectivity index (χ3v) is 7.72. The molecule has 1 aromatic heterocycles. The number of aromatic nitrogens is 1. The predicted octanol–water partition coefficient (Wildman–Crippen LogP) is 5.66. The maximum absolute atomic E-state index is 13.6. The Morgan fingerprint density at radius 3 is 2.38 bits per heavy atom. The first-order valence-electron chi connectivity index (χ1n) is 12.5. The van der Waals surface area contributed by atoms with E-state index in [0.717, 1.165) is 10.3 Å². The van der Waals surface area contributed by atoms with Crippen molar-refractivity contribution in [3.8, 4) is 23.0 Å². The van der Waals surface area contributed by atoms with Gasteiger partial charge in [0, 0.05) is 5.56 Å². The van der Waals surface area contributed by atoms with Crippen molar-refractivity contribution in [2.45, 2.75) is 19.9 Å². The van der Waals surface area contributed by atoms with Crippen molar-refractivity contribution in [1.82, 2.24) is 4.98 Å². The van der Waals surface area contributed by atoms with Crippen LogP contribution in [0.2, 0.25) is 0 Å². The van der Waals surface area contributed by atoms with Crippen LogP contribution in [-0.2, 0) is 9.59 Å². The Labute approximate surface area is 235 Å². The van der Waals surface area contributed by atoms with E-state index in [0.29, 0.717) is 51.4 Å². The summed E-state index contributed by atoms with van der Waals surface area (Å²) in [6, 6.07) is 14.7. The van der Waals surface area contributed by atoms with Crippen molar-refractivity contribution in [3.63, 3.8) is 0 Å². The van der Waals surface area contributed by atoms with Gasteiger partial charge in [-0.15, -0.1) is 0 Å². The average Bonchev–Trinajstić information content (AvgIpc) is 3.50. The van der Waals surface area contributed by atoms with Crippen LogP contribution in [0.15, 0.2) is 60.2 Å². The zero-order valence-corrected chi connectivity index (χ0v) is 23.5. The third-order valence-electron chi connectivity index (χ3n) is 6.71. The van der Waals surface area contributed by atoms with E-state index in [4.69, 9.17) is 18.9 Å². The van der Waals surface area contributed by atoms with Gasteiger partial charge in [-0.3, -0.25) is 14.5 Å².